The summed E-state index contributed by atoms with van der Waals surface area (Å²) in [7, 11) is 0. The summed E-state index contributed by atoms with van der Waals surface area (Å²) in [4.78, 5) is 36.1. The van der Waals surface area contributed by atoms with E-state index in [9.17, 15) is 19.1 Å². The molecule has 8 nitrogen and oxygen atoms in total. The quantitative estimate of drug-likeness (QED) is 0.444. The van der Waals surface area contributed by atoms with Crippen molar-refractivity contribution in [2.45, 2.75) is 31.1 Å². The normalized spacial score (nSPS) is 11.3. The molecular formula is C18H16ClFN4O4S. The molecule has 29 heavy (non-hydrogen) atoms. The Bertz CT molecular complexity index is 1170. The third-order valence-corrected chi connectivity index (χ3v) is 5.33. The third kappa shape index (κ3) is 4.18. The molecule has 3 aromatic rings. The number of carboxylic acid groups (broad SMARTS) is 1. The Labute approximate surface area is 173 Å². The first-order valence-electron chi connectivity index (χ1n) is 8.52. The largest absolute Gasteiger partial charge is 0.493 e. The molecule has 0 aliphatic heterocycles. The van der Waals surface area contributed by atoms with Crippen LogP contribution in [0.1, 0.15) is 31.9 Å². The van der Waals surface area contributed by atoms with Crippen LogP contribution in [-0.2, 0) is 4.79 Å². The van der Waals surface area contributed by atoms with Crippen LogP contribution in [0.2, 0.25) is 5.15 Å². The maximum atomic E-state index is 13.9. The van der Waals surface area contributed by atoms with Crippen LogP contribution in [0.15, 0.2) is 28.0 Å². The van der Waals surface area contributed by atoms with Crippen LogP contribution in [0.5, 0.6) is 5.88 Å². The Balaban J connectivity index is 2.35. The molecular weight excluding hydrogens is 423 g/mol. The number of carboxylic acids is 1. The van der Waals surface area contributed by atoms with Crippen LogP contribution in [0, 0.1) is 5.82 Å². The van der Waals surface area contributed by atoms with Crippen molar-refractivity contribution < 1.29 is 19.4 Å². The van der Waals surface area contributed by atoms with Crippen molar-refractivity contribution in [3.8, 4) is 11.6 Å². The fourth-order valence-corrected chi connectivity index (χ4v) is 3.87. The Hall–Kier alpha value is -2.72. The van der Waals surface area contributed by atoms with Gasteiger partial charge in [0.1, 0.15) is 0 Å². The number of pyridine rings is 2. The number of nitrogens with zero attached hydrogens (tertiary/aromatic N) is 4. The zero-order chi connectivity index (χ0) is 21.3. The Kier molecular flexibility index (Phi) is 6.04. The third-order valence-electron chi connectivity index (χ3n) is 4.02. The van der Waals surface area contributed by atoms with Crippen molar-refractivity contribution in [2.24, 2.45) is 0 Å². The zero-order valence-corrected chi connectivity index (χ0v) is 17.0. The van der Waals surface area contributed by atoms with Gasteiger partial charge >= 0.3 is 11.7 Å². The van der Waals surface area contributed by atoms with Gasteiger partial charge in [0.15, 0.2) is 16.6 Å². The van der Waals surface area contributed by atoms with E-state index in [2.05, 4.69) is 15.0 Å². The van der Waals surface area contributed by atoms with Crippen LogP contribution in [-0.4, -0.2) is 41.5 Å². The monoisotopic (exact) mass is 438 g/mol. The van der Waals surface area contributed by atoms with Gasteiger partial charge < -0.3 is 10.2 Å². The van der Waals surface area contributed by atoms with Crippen LogP contribution >= 0.6 is 23.4 Å². The molecule has 2 N–H and O–H groups in total. The fraction of sp³-hybridized carbons (Fsp3) is 0.278. The highest BCUT2D eigenvalue weighted by molar-refractivity contribution is 7.99. The van der Waals surface area contributed by atoms with Gasteiger partial charge in [-0.3, -0.25) is 9.78 Å². The summed E-state index contributed by atoms with van der Waals surface area (Å²) in [6, 6.07) is 2.59. The van der Waals surface area contributed by atoms with E-state index in [1.165, 1.54) is 11.8 Å². The predicted molar refractivity (Wildman–Crippen MR) is 107 cm³/mol. The molecule has 0 unspecified atom stereocenters. The molecule has 0 saturated heterocycles. The number of hydrogen-bond acceptors (Lipinski definition) is 7. The minimum Gasteiger partial charge on any atom is -0.493 e. The molecule has 0 atom stereocenters. The molecule has 152 valence electrons. The molecule has 0 aliphatic carbocycles. The number of fused-ring (bicyclic) bond motifs is 1. The Morgan fingerprint density at radius 1 is 1.38 bits per heavy atom. The zero-order valence-electron chi connectivity index (χ0n) is 15.4. The van der Waals surface area contributed by atoms with E-state index in [0.29, 0.717) is 16.3 Å². The van der Waals surface area contributed by atoms with Crippen LogP contribution in [0.25, 0.3) is 16.7 Å². The SMILES string of the molecule is CC(C)c1nccc(SCCC(=O)O)c1-n1c(=O)nc(O)c2cc(F)c(Cl)nc21. The van der Waals surface area contributed by atoms with Crippen LogP contribution in [0.3, 0.4) is 0 Å². The van der Waals surface area contributed by atoms with E-state index in [1.54, 1.807) is 12.3 Å². The number of halogens is 2. The van der Waals surface area contributed by atoms with Gasteiger partial charge in [-0.2, -0.15) is 4.98 Å². The van der Waals surface area contributed by atoms with Gasteiger partial charge in [0, 0.05) is 16.8 Å². The van der Waals surface area contributed by atoms with Gasteiger partial charge in [0.2, 0.25) is 5.88 Å². The molecule has 0 spiro atoms. The highest BCUT2D eigenvalue weighted by atomic mass is 35.5. The van der Waals surface area contributed by atoms with Gasteiger partial charge in [-0.1, -0.05) is 25.4 Å². The lowest BCUT2D eigenvalue weighted by Crippen LogP contribution is -2.25. The first-order chi connectivity index (χ1) is 13.7. The average molecular weight is 439 g/mol. The van der Waals surface area contributed by atoms with Gasteiger partial charge in [-0.05, 0) is 18.1 Å². The van der Waals surface area contributed by atoms with Gasteiger partial charge in [0.05, 0.1) is 23.2 Å². The van der Waals surface area contributed by atoms with Gasteiger partial charge in [-0.15, -0.1) is 11.8 Å². The summed E-state index contributed by atoms with van der Waals surface area (Å²) in [6.45, 7) is 3.75. The minimum absolute atomic E-state index is 0.0797. The second-order valence-corrected chi connectivity index (χ2v) is 7.87. The minimum atomic E-state index is -0.949. The summed E-state index contributed by atoms with van der Waals surface area (Å²) >= 11 is 7.05. The van der Waals surface area contributed by atoms with E-state index in [4.69, 9.17) is 16.7 Å². The van der Waals surface area contributed by atoms with Gasteiger partial charge in [0.25, 0.3) is 0 Å². The second kappa shape index (κ2) is 8.34. The van der Waals surface area contributed by atoms with Crippen molar-refractivity contribution in [1.82, 2.24) is 19.5 Å². The van der Waals surface area contributed by atoms with E-state index in [-0.39, 0.29) is 29.1 Å². The van der Waals surface area contributed by atoms with Crippen molar-refractivity contribution in [1.29, 1.82) is 0 Å². The molecule has 11 heteroatoms. The standard InChI is InChI=1S/C18H16ClFN4O4S/c1-8(2)13-14(11(3-5-21-13)29-6-4-12(25)26)24-16-9(17(27)23-18(24)28)7-10(20)15(19)22-16/h3,5,7-8H,4,6H2,1-2H3,(H,25,26)(H,23,27,28). The molecule has 0 aliphatic rings. The first-order valence-corrected chi connectivity index (χ1v) is 9.88. The van der Waals surface area contributed by atoms with E-state index in [1.807, 2.05) is 13.8 Å². The van der Waals surface area contributed by atoms with Crippen molar-refractivity contribution in [2.75, 3.05) is 5.75 Å². The van der Waals surface area contributed by atoms with Crippen molar-refractivity contribution in [3.05, 3.63) is 45.5 Å². The second-order valence-electron chi connectivity index (χ2n) is 6.38. The highest BCUT2D eigenvalue weighted by Crippen LogP contribution is 2.34. The molecule has 0 aromatic carbocycles. The summed E-state index contributed by atoms with van der Waals surface area (Å²) < 4.78 is 15.0. The Morgan fingerprint density at radius 2 is 2.10 bits per heavy atom. The lowest BCUT2D eigenvalue weighted by molar-refractivity contribution is -0.136. The number of hydrogen-bond donors (Lipinski definition) is 2. The fourth-order valence-electron chi connectivity index (χ4n) is 2.75. The van der Waals surface area contributed by atoms with Crippen molar-refractivity contribution in [3.63, 3.8) is 0 Å². The molecule has 0 fully saturated rings. The predicted octanol–water partition coefficient (Wildman–Crippen LogP) is 3.36. The Morgan fingerprint density at radius 3 is 2.76 bits per heavy atom. The summed E-state index contributed by atoms with van der Waals surface area (Å²) in [5.74, 6) is -2.34. The topological polar surface area (TPSA) is 118 Å². The smallest absolute Gasteiger partial charge is 0.357 e. The number of aromatic nitrogens is 4. The molecule has 3 heterocycles. The number of carbonyl (C=O) groups is 1. The highest BCUT2D eigenvalue weighted by Gasteiger charge is 2.22. The van der Waals surface area contributed by atoms with Gasteiger partial charge in [-0.25, -0.2) is 18.7 Å². The lowest BCUT2D eigenvalue weighted by Gasteiger charge is -2.18. The maximum Gasteiger partial charge on any atom is 0.357 e. The number of aromatic hydroxyl groups is 1. The molecule has 0 amide bonds. The first kappa shape index (κ1) is 21.0. The summed E-state index contributed by atoms with van der Waals surface area (Å²) in [5, 5.41) is 18.4. The number of rotatable bonds is 6. The summed E-state index contributed by atoms with van der Waals surface area (Å²) in [6.07, 6.45) is 1.48. The van der Waals surface area contributed by atoms with Crippen LogP contribution in [0.4, 0.5) is 4.39 Å². The number of aliphatic carboxylic acids is 1. The number of thioether (sulfide) groups is 1. The molecule has 0 radical (unpaired) electrons. The molecule has 3 rings (SSSR count). The molecule has 0 bridgehead atoms. The van der Waals surface area contributed by atoms with E-state index < -0.39 is 28.5 Å². The van der Waals surface area contributed by atoms with E-state index in [0.717, 1.165) is 10.6 Å². The molecule has 0 saturated carbocycles. The average Bonchev–Trinajstić information content (AvgIpc) is 2.64. The van der Waals surface area contributed by atoms with Crippen molar-refractivity contribution >= 4 is 40.4 Å². The molecule has 3 aromatic heterocycles. The lowest BCUT2D eigenvalue weighted by atomic mass is 10.1. The maximum absolute atomic E-state index is 13.9. The van der Waals surface area contributed by atoms with Crippen LogP contribution < -0.4 is 5.69 Å². The van der Waals surface area contributed by atoms with E-state index >= 15 is 0 Å². The summed E-state index contributed by atoms with van der Waals surface area (Å²) in [5.41, 5.74) is -0.0527.